The second-order valence-electron chi connectivity index (χ2n) is 5.90. The van der Waals surface area contributed by atoms with Crippen molar-refractivity contribution in [2.45, 2.75) is 33.7 Å². The molecule has 0 heterocycles. The molecule has 1 aromatic rings. The molecule has 116 valence electrons. The molecule has 3 N–H and O–H groups in total. The maximum Gasteiger partial charge on any atom is 0.279 e. The number of carbonyl (C=O) groups excluding carboxylic acids is 2. The van der Waals surface area contributed by atoms with Gasteiger partial charge in [0.2, 0.25) is 0 Å². The zero-order valence-electron chi connectivity index (χ0n) is 13.5. The number of hydrogen-bond acceptors (Lipinski definition) is 2. The van der Waals surface area contributed by atoms with Crippen LogP contribution < -0.4 is 15.5 Å². The highest BCUT2D eigenvalue weighted by Gasteiger charge is 2.15. The zero-order valence-corrected chi connectivity index (χ0v) is 13.5. The summed E-state index contributed by atoms with van der Waals surface area (Å²) in [5, 5.41) is 5.71. The van der Waals surface area contributed by atoms with E-state index in [-0.39, 0.29) is 24.4 Å². The van der Waals surface area contributed by atoms with Gasteiger partial charge in [-0.15, -0.1) is 0 Å². The number of quaternary nitrogens is 1. The molecule has 21 heavy (non-hydrogen) atoms. The van der Waals surface area contributed by atoms with Crippen molar-refractivity contribution in [1.82, 2.24) is 5.32 Å². The number of likely N-dealkylation sites (N-methyl/N-ethyl adjacent to an activating group) is 1. The van der Waals surface area contributed by atoms with Crippen LogP contribution in [0, 0.1) is 13.8 Å². The fourth-order valence-electron chi connectivity index (χ4n) is 2.13. The summed E-state index contributed by atoms with van der Waals surface area (Å²) >= 11 is 0. The Kier molecular flexibility index (Phi) is 6.37. The van der Waals surface area contributed by atoms with Gasteiger partial charge < -0.3 is 15.5 Å². The molecule has 0 fully saturated rings. The van der Waals surface area contributed by atoms with Crippen LogP contribution in [0.2, 0.25) is 0 Å². The van der Waals surface area contributed by atoms with Crippen molar-refractivity contribution in [3.8, 4) is 0 Å². The molecule has 1 unspecified atom stereocenters. The first kappa shape index (κ1) is 17.2. The molecule has 1 aromatic carbocycles. The van der Waals surface area contributed by atoms with Crippen LogP contribution in [-0.2, 0) is 9.59 Å². The number of nitrogens with one attached hydrogen (secondary N) is 3. The zero-order chi connectivity index (χ0) is 16.0. The Labute approximate surface area is 126 Å². The Morgan fingerprint density at radius 1 is 1.14 bits per heavy atom. The van der Waals surface area contributed by atoms with Gasteiger partial charge in [-0.25, -0.2) is 0 Å². The van der Waals surface area contributed by atoms with E-state index < -0.39 is 0 Å². The third kappa shape index (κ3) is 6.40. The van der Waals surface area contributed by atoms with Crippen molar-refractivity contribution in [2.24, 2.45) is 0 Å². The topological polar surface area (TPSA) is 62.6 Å². The quantitative estimate of drug-likeness (QED) is 0.705. The van der Waals surface area contributed by atoms with E-state index in [2.05, 4.69) is 10.6 Å². The second kappa shape index (κ2) is 7.78. The van der Waals surface area contributed by atoms with E-state index in [1.54, 1.807) is 0 Å². The van der Waals surface area contributed by atoms with Gasteiger partial charge >= 0.3 is 0 Å². The standard InChI is InChI=1S/C16H25N3O2/c1-11(2)17-15(20)9-19(5)10-16(21)18-14-7-6-12(3)8-13(14)4/h6-8,11H,9-10H2,1-5H3,(H,17,20)(H,18,21)/p+1. The third-order valence-corrected chi connectivity index (χ3v) is 3.03. The molecule has 2 amide bonds. The lowest BCUT2D eigenvalue weighted by atomic mass is 10.1. The summed E-state index contributed by atoms with van der Waals surface area (Å²) in [6.45, 7) is 8.37. The van der Waals surface area contributed by atoms with Gasteiger partial charge in [0.1, 0.15) is 0 Å². The maximum absolute atomic E-state index is 12.0. The molecule has 0 aromatic heterocycles. The Bertz CT molecular complexity index is 512. The van der Waals surface area contributed by atoms with Crippen molar-refractivity contribution in [1.29, 1.82) is 0 Å². The van der Waals surface area contributed by atoms with Crippen molar-refractivity contribution >= 4 is 17.5 Å². The highest BCUT2D eigenvalue weighted by atomic mass is 16.2. The highest BCUT2D eigenvalue weighted by Crippen LogP contribution is 2.15. The normalized spacial score (nSPS) is 12.1. The summed E-state index contributed by atoms with van der Waals surface area (Å²) in [5.41, 5.74) is 3.03. The lowest BCUT2D eigenvalue weighted by molar-refractivity contribution is -0.862. The predicted molar refractivity (Wildman–Crippen MR) is 84.4 cm³/mol. The summed E-state index contributed by atoms with van der Waals surface area (Å²) in [7, 11) is 1.83. The van der Waals surface area contributed by atoms with Crippen LogP contribution in [0.1, 0.15) is 25.0 Å². The summed E-state index contributed by atoms with van der Waals surface area (Å²) < 4.78 is 0. The van der Waals surface area contributed by atoms with Gasteiger partial charge in [-0.05, 0) is 39.3 Å². The minimum absolute atomic E-state index is 0.0400. The molecule has 0 radical (unpaired) electrons. The smallest absolute Gasteiger partial charge is 0.279 e. The number of aryl methyl sites for hydroxylation is 2. The third-order valence-electron chi connectivity index (χ3n) is 3.03. The molecule has 5 heteroatoms. The Morgan fingerprint density at radius 2 is 1.76 bits per heavy atom. The van der Waals surface area contributed by atoms with Crippen molar-refractivity contribution in [3.05, 3.63) is 29.3 Å². The monoisotopic (exact) mass is 292 g/mol. The largest absolute Gasteiger partial charge is 0.349 e. The van der Waals surface area contributed by atoms with Gasteiger partial charge in [-0.3, -0.25) is 9.59 Å². The first-order valence-electron chi connectivity index (χ1n) is 7.25. The summed E-state index contributed by atoms with van der Waals surface area (Å²) in [5.74, 6) is -0.126. The average molecular weight is 292 g/mol. The first-order valence-corrected chi connectivity index (χ1v) is 7.25. The Hall–Kier alpha value is -1.88. The van der Waals surface area contributed by atoms with E-state index in [1.807, 2.05) is 52.9 Å². The number of rotatable bonds is 6. The highest BCUT2D eigenvalue weighted by molar-refractivity contribution is 5.92. The fraction of sp³-hybridized carbons (Fsp3) is 0.500. The summed E-state index contributed by atoms with van der Waals surface area (Å²) in [6, 6.07) is 6.02. The SMILES string of the molecule is Cc1ccc(NC(=O)C[NH+](C)CC(=O)NC(C)C)c(C)c1. The van der Waals surface area contributed by atoms with Crippen LogP contribution in [0.15, 0.2) is 18.2 Å². The minimum Gasteiger partial charge on any atom is -0.349 e. The van der Waals surface area contributed by atoms with Crippen molar-refractivity contribution < 1.29 is 14.5 Å². The maximum atomic E-state index is 12.0. The van der Waals surface area contributed by atoms with E-state index >= 15 is 0 Å². The minimum atomic E-state index is -0.0863. The van der Waals surface area contributed by atoms with Gasteiger partial charge in [-0.2, -0.15) is 0 Å². The van der Waals surface area contributed by atoms with Crippen LogP contribution in [0.4, 0.5) is 5.69 Å². The number of hydrogen-bond donors (Lipinski definition) is 3. The number of benzene rings is 1. The van der Waals surface area contributed by atoms with E-state index in [0.717, 1.165) is 16.2 Å². The predicted octanol–water partition coefficient (Wildman–Crippen LogP) is 0.281. The number of anilines is 1. The van der Waals surface area contributed by atoms with Gasteiger partial charge in [-0.1, -0.05) is 17.7 Å². The molecule has 1 rings (SSSR count). The molecular formula is C16H26N3O2+. The molecule has 0 saturated heterocycles. The van der Waals surface area contributed by atoms with Crippen LogP contribution in [0.3, 0.4) is 0 Å². The second-order valence-corrected chi connectivity index (χ2v) is 5.90. The summed E-state index contributed by atoms with van der Waals surface area (Å²) in [4.78, 5) is 24.5. The molecule has 0 aliphatic rings. The van der Waals surface area contributed by atoms with E-state index in [4.69, 9.17) is 0 Å². The molecular weight excluding hydrogens is 266 g/mol. The number of amides is 2. The van der Waals surface area contributed by atoms with E-state index in [0.29, 0.717) is 6.54 Å². The molecule has 0 aliphatic carbocycles. The van der Waals surface area contributed by atoms with Gasteiger partial charge in [0.15, 0.2) is 13.1 Å². The number of carbonyl (C=O) groups is 2. The molecule has 1 atom stereocenters. The van der Waals surface area contributed by atoms with Crippen LogP contribution in [0.5, 0.6) is 0 Å². The lowest BCUT2D eigenvalue weighted by Crippen LogP contribution is -3.11. The van der Waals surface area contributed by atoms with E-state index in [1.165, 1.54) is 5.56 Å². The van der Waals surface area contributed by atoms with Crippen LogP contribution in [-0.4, -0.2) is 38.0 Å². The Morgan fingerprint density at radius 3 is 2.33 bits per heavy atom. The lowest BCUT2D eigenvalue weighted by Gasteiger charge is -2.15. The molecule has 5 nitrogen and oxygen atoms in total. The van der Waals surface area contributed by atoms with Crippen LogP contribution in [0.25, 0.3) is 0 Å². The van der Waals surface area contributed by atoms with Crippen LogP contribution >= 0.6 is 0 Å². The van der Waals surface area contributed by atoms with Gasteiger partial charge in [0.05, 0.1) is 7.05 Å². The van der Waals surface area contributed by atoms with Gasteiger partial charge in [0.25, 0.3) is 11.8 Å². The van der Waals surface area contributed by atoms with Crippen molar-refractivity contribution in [2.75, 3.05) is 25.5 Å². The molecule has 0 spiro atoms. The Balaban J connectivity index is 2.47. The molecule has 0 bridgehead atoms. The van der Waals surface area contributed by atoms with E-state index in [9.17, 15) is 9.59 Å². The molecule has 0 saturated carbocycles. The summed E-state index contributed by atoms with van der Waals surface area (Å²) in [6.07, 6.45) is 0. The fourth-order valence-corrected chi connectivity index (χ4v) is 2.13. The molecule has 0 aliphatic heterocycles. The average Bonchev–Trinajstić information content (AvgIpc) is 2.31. The van der Waals surface area contributed by atoms with Gasteiger partial charge in [0, 0.05) is 11.7 Å². The van der Waals surface area contributed by atoms with Crippen molar-refractivity contribution in [3.63, 3.8) is 0 Å². The first-order chi connectivity index (χ1) is 9.77.